The Morgan fingerprint density at radius 3 is 2.62 bits per heavy atom. The molecule has 1 unspecified atom stereocenters. The molecule has 2 aromatic carbocycles. The number of anilines is 1. The van der Waals surface area contributed by atoms with Crippen LogP contribution in [0.2, 0.25) is 0 Å². The molecular weight excluding hydrogens is 413 g/mol. The van der Waals surface area contributed by atoms with Crippen LogP contribution in [0, 0.1) is 19.7 Å². The van der Waals surface area contributed by atoms with E-state index >= 15 is 0 Å². The molecule has 1 aliphatic rings. The van der Waals surface area contributed by atoms with Crippen molar-refractivity contribution >= 4 is 42.6 Å². The fourth-order valence-electron chi connectivity index (χ4n) is 3.45. The molecule has 1 aliphatic heterocycles. The minimum atomic E-state index is -3.89. The molecule has 1 amide bonds. The maximum absolute atomic E-state index is 13.2. The molecule has 1 atom stereocenters. The van der Waals surface area contributed by atoms with Crippen molar-refractivity contribution in [2.45, 2.75) is 37.6 Å². The number of halogens is 1. The maximum Gasteiger partial charge on any atom is 0.244 e. The zero-order chi connectivity index (χ0) is 20.8. The number of benzene rings is 2. The Bertz CT molecular complexity index is 1150. The highest BCUT2D eigenvalue weighted by molar-refractivity contribution is 7.89. The van der Waals surface area contributed by atoms with Gasteiger partial charge in [0.25, 0.3) is 0 Å². The van der Waals surface area contributed by atoms with Crippen LogP contribution in [0.1, 0.15) is 24.0 Å². The summed E-state index contributed by atoms with van der Waals surface area (Å²) in [6.45, 7) is 4.27. The lowest BCUT2D eigenvalue weighted by Crippen LogP contribution is -2.43. The number of carbonyl (C=O) groups excluding carboxylic acids is 1. The van der Waals surface area contributed by atoms with Crippen LogP contribution in [0.5, 0.6) is 0 Å². The monoisotopic (exact) mass is 433 g/mol. The van der Waals surface area contributed by atoms with Crippen LogP contribution in [-0.2, 0) is 14.8 Å². The second-order valence-corrected chi connectivity index (χ2v) is 10.1. The Balaban J connectivity index is 1.57. The van der Waals surface area contributed by atoms with E-state index in [9.17, 15) is 17.6 Å². The molecule has 0 saturated carbocycles. The third-order valence-electron chi connectivity index (χ3n) is 5.16. The Morgan fingerprint density at radius 1 is 1.21 bits per heavy atom. The van der Waals surface area contributed by atoms with Crippen molar-refractivity contribution in [3.63, 3.8) is 0 Å². The van der Waals surface area contributed by atoms with E-state index in [2.05, 4.69) is 10.3 Å². The maximum atomic E-state index is 13.2. The van der Waals surface area contributed by atoms with E-state index in [1.54, 1.807) is 0 Å². The van der Waals surface area contributed by atoms with Gasteiger partial charge >= 0.3 is 0 Å². The highest BCUT2D eigenvalue weighted by Crippen LogP contribution is 2.30. The predicted octanol–water partition coefficient (Wildman–Crippen LogP) is 3.84. The summed E-state index contributed by atoms with van der Waals surface area (Å²) in [5.74, 6) is -0.915. The van der Waals surface area contributed by atoms with Gasteiger partial charge in [0.05, 0.1) is 15.1 Å². The van der Waals surface area contributed by atoms with Crippen molar-refractivity contribution in [2.24, 2.45) is 0 Å². The lowest BCUT2D eigenvalue weighted by Gasteiger charge is -2.23. The first-order valence-electron chi connectivity index (χ1n) is 9.22. The molecule has 1 N–H and O–H groups in total. The molecule has 2 heterocycles. The Kier molecular flexibility index (Phi) is 5.14. The Hall–Kier alpha value is -2.36. The quantitative estimate of drug-likeness (QED) is 0.678. The van der Waals surface area contributed by atoms with E-state index in [1.165, 1.54) is 27.8 Å². The van der Waals surface area contributed by atoms with Crippen molar-refractivity contribution in [3.05, 3.63) is 53.3 Å². The van der Waals surface area contributed by atoms with Crippen molar-refractivity contribution in [2.75, 3.05) is 11.9 Å². The van der Waals surface area contributed by atoms with Gasteiger partial charge in [-0.05, 0) is 74.2 Å². The van der Waals surface area contributed by atoms with Crippen LogP contribution in [0.15, 0.2) is 41.3 Å². The zero-order valence-corrected chi connectivity index (χ0v) is 17.6. The first-order chi connectivity index (χ1) is 13.8. The minimum absolute atomic E-state index is 0.0236. The van der Waals surface area contributed by atoms with Gasteiger partial charge in [-0.25, -0.2) is 17.8 Å². The fraction of sp³-hybridized carbons (Fsp3) is 0.300. The standard InChI is InChI=1S/C20H20FN3O3S2/c1-12-10-16-18(11-13(12)2)28-20(22-16)23-19(25)17-4-3-9-24(17)29(26,27)15-7-5-14(21)6-8-15/h5-8,10-11,17H,3-4,9H2,1-2H3,(H,22,23,25). The number of aryl methyl sites for hydroxylation is 2. The second kappa shape index (κ2) is 7.47. The number of thiazole rings is 1. The highest BCUT2D eigenvalue weighted by Gasteiger charge is 2.39. The normalized spacial score (nSPS) is 17.7. The van der Waals surface area contributed by atoms with E-state index in [0.29, 0.717) is 18.0 Å². The lowest BCUT2D eigenvalue weighted by molar-refractivity contribution is -0.119. The third-order valence-corrected chi connectivity index (χ3v) is 8.02. The average Bonchev–Trinajstić information content (AvgIpc) is 3.30. The van der Waals surface area contributed by atoms with Crippen LogP contribution >= 0.6 is 11.3 Å². The summed E-state index contributed by atoms with van der Waals surface area (Å²) in [5.41, 5.74) is 3.06. The van der Waals surface area contributed by atoms with Crippen LogP contribution in [0.4, 0.5) is 9.52 Å². The Morgan fingerprint density at radius 2 is 1.90 bits per heavy atom. The topological polar surface area (TPSA) is 79.4 Å². The van der Waals surface area contributed by atoms with E-state index < -0.39 is 27.8 Å². The number of hydrogen-bond donors (Lipinski definition) is 1. The van der Waals surface area contributed by atoms with E-state index in [1.807, 2.05) is 26.0 Å². The number of fused-ring (bicyclic) bond motifs is 1. The molecule has 1 fully saturated rings. The van der Waals surface area contributed by atoms with Gasteiger partial charge in [0, 0.05) is 6.54 Å². The number of rotatable bonds is 4. The summed E-state index contributed by atoms with van der Waals surface area (Å²) in [5, 5.41) is 3.22. The van der Waals surface area contributed by atoms with Gasteiger partial charge in [-0.2, -0.15) is 4.31 Å². The molecule has 0 bridgehead atoms. The van der Waals surface area contributed by atoms with E-state index in [-0.39, 0.29) is 11.4 Å². The van der Waals surface area contributed by atoms with E-state index in [0.717, 1.165) is 33.5 Å². The van der Waals surface area contributed by atoms with Gasteiger partial charge in [-0.15, -0.1) is 0 Å². The van der Waals surface area contributed by atoms with Crippen molar-refractivity contribution in [1.29, 1.82) is 0 Å². The van der Waals surface area contributed by atoms with Crippen LogP contribution in [0.25, 0.3) is 10.2 Å². The van der Waals surface area contributed by atoms with Crippen molar-refractivity contribution in [3.8, 4) is 0 Å². The molecule has 0 radical (unpaired) electrons. The summed E-state index contributed by atoms with van der Waals surface area (Å²) < 4.78 is 41.2. The average molecular weight is 434 g/mol. The van der Waals surface area contributed by atoms with Gasteiger partial charge in [0.1, 0.15) is 11.9 Å². The summed E-state index contributed by atoms with van der Waals surface area (Å²) in [4.78, 5) is 17.3. The molecule has 0 aliphatic carbocycles. The largest absolute Gasteiger partial charge is 0.301 e. The number of aromatic nitrogens is 1. The van der Waals surface area contributed by atoms with Crippen LogP contribution in [-0.4, -0.2) is 36.2 Å². The number of hydrogen-bond acceptors (Lipinski definition) is 5. The van der Waals surface area contributed by atoms with Crippen molar-refractivity contribution in [1.82, 2.24) is 9.29 Å². The minimum Gasteiger partial charge on any atom is -0.301 e. The van der Waals surface area contributed by atoms with Gasteiger partial charge in [-0.1, -0.05) is 11.3 Å². The molecule has 1 aromatic heterocycles. The molecule has 1 saturated heterocycles. The van der Waals surface area contributed by atoms with Gasteiger partial charge in [0.15, 0.2) is 5.13 Å². The molecule has 9 heteroatoms. The number of nitrogens with zero attached hydrogens (tertiary/aromatic N) is 2. The summed E-state index contributed by atoms with van der Waals surface area (Å²) in [6, 6.07) is 7.82. The molecule has 29 heavy (non-hydrogen) atoms. The van der Waals surface area contributed by atoms with Crippen LogP contribution in [0.3, 0.4) is 0 Å². The summed E-state index contributed by atoms with van der Waals surface area (Å²) >= 11 is 1.36. The highest BCUT2D eigenvalue weighted by atomic mass is 32.2. The molecule has 152 valence electrons. The number of carbonyl (C=O) groups is 1. The second-order valence-electron chi connectivity index (χ2n) is 7.14. The number of nitrogens with one attached hydrogen (secondary N) is 1. The first kappa shape index (κ1) is 19.9. The lowest BCUT2D eigenvalue weighted by atomic mass is 10.1. The van der Waals surface area contributed by atoms with Gasteiger partial charge in [-0.3, -0.25) is 4.79 Å². The fourth-order valence-corrected chi connectivity index (χ4v) is 6.06. The van der Waals surface area contributed by atoms with Crippen LogP contribution < -0.4 is 5.32 Å². The van der Waals surface area contributed by atoms with Crippen molar-refractivity contribution < 1.29 is 17.6 Å². The molecule has 0 spiro atoms. The number of sulfonamides is 1. The van der Waals surface area contributed by atoms with E-state index in [4.69, 9.17) is 0 Å². The zero-order valence-electron chi connectivity index (χ0n) is 16.0. The first-order valence-corrected chi connectivity index (χ1v) is 11.5. The van der Waals surface area contributed by atoms with Gasteiger partial charge in [0.2, 0.25) is 15.9 Å². The third kappa shape index (κ3) is 3.77. The predicted molar refractivity (Wildman–Crippen MR) is 111 cm³/mol. The smallest absolute Gasteiger partial charge is 0.244 e. The molecule has 6 nitrogen and oxygen atoms in total. The Labute approximate surface area is 172 Å². The summed E-state index contributed by atoms with van der Waals surface area (Å²) in [7, 11) is -3.89. The molecule has 3 aromatic rings. The SMILES string of the molecule is Cc1cc2nc(NC(=O)C3CCCN3S(=O)(=O)c3ccc(F)cc3)sc2cc1C. The molecule has 4 rings (SSSR count). The summed E-state index contributed by atoms with van der Waals surface area (Å²) in [6.07, 6.45) is 1.01. The molecular formula is C20H20FN3O3S2. The van der Waals surface area contributed by atoms with Gasteiger partial charge < -0.3 is 5.32 Å². The number of amides is 1.